The standard InChI is InChI=1S/C18H13N5O/c24-17(22-18-19-11-20-23-18)14-10-13-8-4-5-9-15(13)21-16(14)12-6-2-1-3-7-12/h1-11H,(H2,19,20,22,23,24). The third-order valence-electron chi connectivity index (χ3n) is 3.66. The molecule has 0 unspecified atom stereocenters. The Morgan fingerprint density at radius 1 is 1.00 bits per heavy atom. The maximum absolute atomic E-state index is 12.7. The largest absolute Gasteiger partial charge is 0.291 e. The second-order valence-electron chi connectivity index (χ2n) is 5.23. The van der Waals surface area contributed by atoms with Gasteiger partial charge in [0.05, 0.1) is 16.8 Å². The number of nitrogens with zero attached hydrogens (tertiary/aromatic N) is 3. The van der Waals surface area contributed by atoms with Crippen LogP contribution in [0.2, 0.25) is 0 Å². The molecule has 0 atom stereocenters. The number of rotatable bonds is 3. The Labute approximate surface area is 137 Å². The molecule has 2 N–H and O–H groups in total. The highest BCUT2D eigenvalue weighted by atomic mass is 16.1. The lowest BCUT2D eigenvalue weighted by atomic mass is 10.0. The molecule has 24 heavy (non-hydrogen) atoms. The molecule has 6 nitrogen and oxygen atoms in total. The second-order valence-corrected chi connectivity index (χ2v) is 5.23. The molecular formula is C18H13N5O. The monoisotopic (exact) mass is 315 g/mol. The van der Waals surface area contributed by atoms with Gasteiger partial charge in [-0.05, 0) is 12.1 Å². The van der Waals surface area contributed by atoms with E-state index in [0.717, 1.165) is 16.5 Å². The number of H-pyrrole nitrogens is 1. The maximum Gasteiger partial charge on any atom is 0.260 e. The predicted octanol–water partition coefficient (Wildman–Crippen LogP) is 3.27. The molecule has 2 aromatic heterocycles. The molecule has 4 aromatic rings. The highest BCUT2D eigenvalue weighted by molar-refractivity contribution is 6.09. The van der Waals surface area contributed by atoms with Crippen molar-refractivity contribution in [3.05, 3.63) is 72.6 Å². The maximum atomic E-state index is 12.7. The van der Waals surface area contributed by atoms with Crippen LogP contribution in [0.3, 0.4) is 0 Å². The number of benzene rings is 2. The molecule has 0 aliphatic carbocycles. The zero-order chi connectivity index (χ0) is 16.4. The van der Waals surface area contributed by atoms with Gasteiger partial charge in [0.25, 0.3) is 5.91 Å². The number of carbonyl (C=O) groups excluding carboxylic acids is 1. The van der Waals surface area contributed by atoms with E-state index in [1.54, 1.807) is 0 Å². The van der Waals surface area contributed by atoms with Gasteiger partial charge in [0.15, 0.2) is 0 Å². The van der Waals surface area contributed by atoms with E-state index >= 15 is 0 Å². The molecule has 0 spiro atoms. The lowest BCUT2D eigenvalue weighted by molar-refractivity contribution is 0.102. The zero-order valence-corrected chi connectivity index (χ0v) is 12.6. The SMILES string of the molecule is O=C(Nc1ncn[nH]1)c1cc2ccccc2nc1-c1ccccc1. The average molecular weight is 315 g/mol. The summed E-state index contributed by atoms with van der Waals surface area (Å²) in [6.07, 6.45) is 1.34. The van der Waals surface area contributed by atoms with Crippen molar-refractivity contribution in [3.63, 3.8) is 0 Å². The lowest BCUT2D eigenvalue weighted by Gasteiger charge is -2.10. The molecule has 0 saturated carbocycles. The fraction of sp³-hybridized carbons (Fsp3) is 0. The quantitative estimate of drug-likeness (QED) is 0.608. The fourth-order valence-electron chi connectivity index (χ4n) is 2.55. The molecule has 0 aliphatic heterocycles. The van der Waals surface area contributed by atoms with Crippen LogP contribution in [-0.4, -0.2) is 26.1 Å². The number of anilines is 1. The summed E-state index contributed by atoms with van der Waals surface area (Å²) in [4.78, 5) is 21.3. The number of nitrogens with one attached hydrogen (secondary N) is 2. The third-order valence-corrected chi connectivity index (χ3v) is 3.66. The van der Waals surface area contributed by atoms with Crippen LogP contribution in [-0.2, 0) is 0 Å². The zero-order valence-electron chi connectivity index (χ0n) is 12.6. The normalized spacial score (nSPS) is 10.7. The van der Waals surface area contributed by atoms with E-state index in [2.05, 4.69) is 25.5 Å². The van der Waals surface area contributed by atoms with Gasteiger partial charge in [0.2, 0.25) is 5.95 Å². The molecule has 0 radical (unpaired) electrons. The topological polar surface area (TPSA) is 83.6 Å². The number of amides is 1. The Bertz CT molecular complexity index is 997. The predicted molar refractivity (Wildman–Crippen MR) is 91.5 cm³/mol. The van der Waals surface area contributed by atoms with Crippen LogP contribution in [0, 0.1) is 0 Å². The minimum atomic E-state index is -0.288. The van der Waals surface area contributed by atoms with Crippen LogP contribution >= 0.6 is 0 Å². The Kier molecular flexibility index (Phi) is 3.47. The van der Waals surface area contributed by atoms with Crippen molar-refractivity contribution >= 4 is 22.8 Å². The summed E-state index contributed by atoms with van der Waals surface area (Å²) in [6.45, 7) is 0. The Morgan fingerprint density at radius 2 is 1.79 bits per heavy atom. The first-order valence-corrected chi connectivity index (χ1v) is 7.43. The number of aromatic amines is 1. The van der Waals surface area contributed by atoms with Gasteiger partial charge in [-0.2, -0.15) is 10.1 Å². The highest BCUT2D eigenvalue weighted by Gasteiger charge is 2.16. The molecular weight excluding hydrogens is 302 g/mol. The van der Waals surface area contributed by atoms with E-state index < -0.39 is 0 Å². The number of hydrogen-bond acceptors (Lipinski definition) is 4. The minimum absolute atomic E-state index is 0.288. The average Bonchev–Trinajstić information content (AvgIpc) is 3.14. The van der Waals surface area contributed by atoms with Crippen molar-refractivity contribution < 1.29 is 4.79 Å². The Hall–Kier alpha value is -3.54. The first-order chi connectivity index (χ1) is 11.8. The van der Waals surface area contributed by atoms with E-state index in [1.807, 2.05) is 60.7 Å². The third kappa shape index (κ3) is 2.61. The molecule has 0 aliphatic rings. The molecule has 4 rings (SSSR count). The molecule has 0 fully saturated rings. The van der Waals surface area contributed by atoms with Crippen molar-refractivity contribution in [2.75, 3.05) is 5.32 Å². The fourth-order valence-corrected chi connectivity index (χ4v) is 2.55. The number of fused-ring (bicyclic) bond motifs is 1. The summed E-state index contributed by atoms with van der Waals surface area (Å²) in [5.74, 6) is 0.0102. The summed E-state index contributed by atoms with van der Waals surface area (Å²) < 4.78 is 0. The van der Waals surface area contributed by atoms with Crippen molar-refractivity contribution in [1.82, 2.24) is 20.2 Å². The van der Waals surface area contributed by atoms with E-state index in [9.17, 15) is 4.79 Å². The van der Waals surface area contributed by atoms with Gasteiger partial charge in [0, 0.05) is 10.9 Å². The highest BCUT2D eigenvalue weighted by Crippen LogP contribution is 2.26. The molecule has 2 aromatic carbocycles. The number of carbonyl (C=O) groups is 1. The number of para-hydroxylation sites is 1. The van der Waals surface area contributed by atoms with Gasteiger partial charge in [-0.3, -0.25) is 10.1 Å². The first kappa shape index (κ1) is 14.1. The Balaban J connectivity index is 1.87. The minimum Gasteiger partial charge on any atom is -0.291 e. The van der Waals surface area contributed by atoms with Gasteiger partial charge in [-0.15, -0.1) is 0 Å². The van der Waals surface area contributed by atoms with E-state index in [0.29, 0.717) is 17.2 Å². The number of pyridine rings is 1. The van der Waals surface area contributed by atoms with Crippen LogP contribution in [0.15, 0.2) is 67.0 Å². The lowest BCUT2D eigenvalue weighted by Crippen LogP contribution is -2.15. The second kappa shape index (κ2) is 5.92. The summed E-state index contributed by atoms with van der Waals surface area (Å²) in [5, 5.41) is 9.96. The van der Waals surface area contributed by atoms with Gasteiger partial charge < -0.3 is 0 Å². The van der Waals surface area contributed by atoms with Gasteiger partial charge >= 0.3 is 0 Å². The van der Waals surface area contributed by atoms with Crippen molar-refractivity contribution in [3.8, 4) is 11.3 Å². The summed E-state index contributed by atoms with van der Waals surface area (Å²) in [5.41, 5.74) is 2.83. The van der Waals surface area contributed by atoms with Crippen LogP contribution < -0.4 is 5.32 Å². The van der Waals surface area contributed by atoms with E-state index in [1.165, 1.54) is 6.33 Å². The number of aromatic nitrogens is 4. The summed E-state index contributed by atoms with van der Waals surface area (Å²) in [6, 6.07) is 19.2. The van der Waals surface area contributed by atoms with Crippen molar-refractivity contribution in [2.45, 2.75) is 0 Å². The summed E-state index contributed by atoms with van der Waals surface area (Å²) in [7, 11) is 0. The van der Waals surface area contributed by atoms with Crippen LogP contribution in [0.25, 0.3) is 22.2 Å². The molecule has 116 valence electrons. The van der Waals surface area contributed by atoms with E-state index in [4.69, 9.17) is 0 Å². The molecule has 1 amide bonds. The van der Waals surface area contributed by atoms with Crippen molar-refractivity contribution in [1.29, 1.82) is 0 Å². The number of hydrogen-bond donors (Lipinski definition) is 2. The molecule has 0 saturated heterocycles. The van der Waals surface area contributed by atoms with Gasteiger partial charge in [-0.25, -0.2) is 10.1 Å². The summed E-state index contributed by atoms with van der Waals surface area (Å²) >= 11 is 0. The van der Waals surface area contributed by atoms with Crippen molar-refractivity contribution in [2.24, 2.45) is 0 Å². The van der Waals surface area contributed by atoms with Crippen LogP contribution in [0.4, 0.5) is 5.95 Å². The molecule has 2 heterocycles. The first-order valence-electron chi connectivity index (χ1n) is 7.43. The van der Waals surface area contributed by atoms with E-state index in [-0.39, 0.29) is 5.91 Å². The van der Waals surface area contributed by atoms with Gasteiger partial charge in [0.1, 0.15) is 6.33 Å². The smallest absolute Gasteiger partial charge is 0.260 e. The van der Waals surface area contributed by atoms with Crippen LogP contribution in [0.1, 0.15) is 10.4 Å². The van der Waals surface area contributed by atoms with Gasteiger partial charge in [-0.1, -0.05) is 48.5 Å². The Morgan fingerprint density at radius 3 is 2.58 bits per heavy atom. The molecule has 6 heteroatoms. The van der Waals surface area contributed by atoms with Crippen LogP contribution in [0.5, 0.6) is 0 Å². The molecule has 0 bridgehead atoms.